The van der Waals surface area contributed by atoms with Gasteiger partial charge in [0.05, 0.1) is 12.4 Å². The predicted octanol–water partition coefficient (Wildman–Crippen LogP) is 2.06. The van der Waals surface area contributed by atoms with Gasteiger partial charge in [-0.3, -0.25) is 0 Å². The number of hydrogen-bond acceptors (Lipinski definition) is 3. The van der Waals surface area contributed by atoms with Crippen molar-refractivity contribution in [1.82, 2.24) is 5.32 Å². The average Bonchev–Trinajstić information content (AvgIpc) is 2.88. The summed E-state index contributed by atoms with van der Waals surface area (Å²) in [6.07, 6.45) is 8.53. The van der Waals surface area contributed by atoms with Crippen molar-refractivity contribution in [1.29, 1.82) is 0 Å². The molecule has 82 valence electrons. The van der Waals surface area contributed by atoms with Crippen LogP contribution in [0.1, 0.15) is 18.6 Å². The smallest absolute Gasteiger partial charge is 0.126 e. The molecule has 0 bridgehead atoms. The minimum absolute atomic E-state index is 0.419. The Hall–Kier alpha value is -1.06. The van der Waals surface area contributed by atoms with Crippen molar-refractivity contribution in [2.45, 2.75) is 18.9 Å². The van der Waals surface area contributed by atoms with Crippen LogP contribution in [0, 0.1) is 0 Å². The Kier molecular flexibility index (Phi) is 4.00. The van der Waals surface area contributed by atoms with Crippen LogP contribution >= 0.6 is 0 Å². The lowest BCUT2D eigenvalue weighted by Crippen LogP contribution is -2.26. The topological polar surface area (TPSA) is 34.4 Å². The number of nitrogens with one attached hydrogen (secondary N) is 1. The van der Waals surface area contributed by atoms with Crippen LogP contribution in [0.2, 0.25) is 0 Å². The van der Waals surface area contributed by atoms with Crippen LogP contribution in [0.4, 0.5) is 0 Å². The molecule has 1 atom stereocenters. The standard InChI is InChI=1S/C12H17NO2/c1(4-11-5-2-8-14-11)7-13-10-12-6-3-9-15-12/h1-2,4-5,8,12-13H,3,6-7,9-10H2/b4-1+. The van der Waals surface area contributed by atoms with Crippen LogP contribution in [0.15, 0.2) is 28.9 Å². The van der Waals surface area contributed by atoms with Gasteiger partial charge in [0.1, 0.15) is 5.76 Å². The highest BCUT2D eigenvalue weighted by molar-refractivity contribution is 5.42. The molecule has 2 heterocycles. The monoisotopic (exact) mass is 207 g/mol. The Morgan fingerprint density at radius 3 is 3.27 bits per heavy atom. The van der Waals surface area contributed by atoms with E-state index < -0.39 is 0 Å². The lowest BCUT2D eigenvalue weighted by atomic mass is 10.2. The summed E-state index contributed by atoms with van der Waals surface area (Å²) in [4.78, 5) is 0. The van der Waals surface area contributed by atoms with E-state index in [0.717, 1.165) is 25.5 Å². The molecular weight excluding hydrogens is 190 g/mol. The van der Waals surface area contributed by atoms with Gasteiger partial charge in [-0.05, 0) is 31.1 Å². The van der Waals surface area contributed by atoms with Crippen LogP contribution in [0.5, 0.6) is 0 Å². The van der Waals surface area contributed by atoms with Crippen molar-refractivity contribution in [3.05, 3.63) is 30.2 Å². The van der Waals surface area contributed by atoms with Gasteiger partial charge in [0.25, 0.3) is 0 Å². The van der Waals surface area contributed by atoms with Crippen molar-refractivity contribution < 1.29 is 9.15 Å². The quantitative estimate of drug-likeness (QED) is 0.750. The lowest BCUT2D eigenvalue weighted by Gasteiger charge is -2.08. The molecule has 1 aliphatic heterocycles. The number of furan rings is 1. The second-order valence-corrected chi connectivity index (χ2v) is 3.71. The zero-order valence-corrected chi connectivity index (χ0v) is 8.82. The van der Waals surface area contributed by atoms with Crippen molar-refractivity contribution in [2.75, 3.05) is 19.7 Å². The van der Waals surface area contributed by atoms with E-state index in [1.165, 1.54) is 12.8 Å². The van der Waals surface area contributed by atoms with E-state index in [-0.39, 0.29) is 0 Å². The predicted molar refractivity (Wildman–Crippen MR) is 59.6 cm³/mol. The Bertz CT molecular complexity index is 287. The summed E-state index contributed by atoms with van der Waals surface area (Å²) in [5.74, 6) is 0.897. The Morgan fingerprint density at radius 2 is 2.53 bits per heavy atom. The molecule has 3 heteroatoms. The van der Waals surface area contributed by atoms with Crippen molar-refractivity contribution in [3.8, 4) is 0 Å². The summed E-state index contributed by atoms with van der Waals surface area (Å²) in [6, 6.07) is 3.83. The molecule has 0 aliphatic carbocycles. The SMILES string of the molecule is C(=C\c1ccco1)/CNCC1CCCO1. The van der Waals surface area contributed by atoms with Gasteiger partial charge in [-0.2, -0.15) is 0 Å². The maximum absolute atomic E-state index is 5.50. The first kappa shape index (κ1) is 10.5. The van der Waals surface area contributed by atoms with E-state index in [2.05, 4.69) is 11.4 Å². The molecule has 0 radical (unpaired) electrons. The van der Waals surface area contributed by atoms with E-state index >= 15 is 0 Å². The van der Waals surface area contributed by atoms with Crippen LogP contribution in [-0.4, -0.2) is 25.8 Å². The number of rotatable bonds is 5. The molecule has 1 aromatic heterocycles. The van der Waals surface area contributed by atoms with Crippen LogP contribution in [0.3, 0.4) is 0 Å². The van der Waals surface area contributed by atoms with E-state index in [9.17, 15) is 0 Å². The molecular formula is C12H17NO2. The maximum atomic E-state index is 5.50. The molecule has 15 heavy (non-hydrogen) atoms. The average molecular weight is 207 g/mol. The van der Waals surface area contributed by atoms with Gasteiger partial charge in [0, 0.05) is 19.7 Å². The zero-order chi connectivity index (χ0) is 10.3. The Labute approximate surface area is 90.1 Å². The molecule has 0 amide bonds. The number of ether oxygens (including phenoxy) is 1. The van der Waals surface area contributed by atoms with Gasteiger partial charge in [-0.25, -0.2) is 0 Å². The van der Waals surface area contributed by atoms with Gasteiger partial charge in [0.15, 0.2) is 0 Å². The summed E-state index contributed by atoms with van der Waals surface area (Å²) in [6.45, 7) is 2.73. The Balaban J connectivity index is 1.58. The molecule has 0 spiro atoms. The molecule has 1 saturated heterocycles. The molecule has 1 unspecified atom stereocenters. The fourth-order valence-electron chi connectivity index (χ4n) is 1.69. The fourth-order valence-corrected chi connectivity index (χ4v) is 1.69. The summed E-state index contributed by atoms with van der Waals surface area (Å²) >= 11 is 0. The third-order valence-electron chi connectivity index (χ3n) is 2.48. The second-order valence-electron chi connectivity index (χ2n) is 3.71. The van der Waals surface area contributed by atoms with Gasteiger partial charge in [0.2, 0.25) is 0 Å². The van der Waals surface area contributed by atoms with E-state index in [4.69, 9.17) is 9.15 Å². The highest BCUT2D eigenvalue weighted by atomic mass is 16.5. The zero-order valence-electron chi connectivity index (χ0n) is 8.82. The van der Waals surface area contributed by atoms with Gasteiger partial charge in [-0.15, -0.1) is 0 Å². The molecule has 1 N–H and O–H groups in total. The molecule has 1 aromatic rings. The van der Waals surface area contributed by atoms with E-state index in [1.54, 1.807) is 6.26 Å². The minimum Gasteiger partial charge on any atom is -0.465 e. The highest BCUT2D eigenvalue weighted by Crippen LogP contribution is 2.10. The third-order valence-corrected chi connectivity index (χ3v) is 2.48. The molecule has 0 saturated carbocycles. The van der Waals surface area contributed by atoms with Gasteiger partial charge < -0.3 is 14.5 Å². The lowest BCUT2D eigenvalue weighted by molar-refractivity contribution is 0.111. The van der Waals surface area contributed by atoms with E-state index in [0.29, 0.717) is 6.10 Å². The van der Waals surface area contributed by atoms with Crippen LogP contribution in [-0.2, 0) is 4.74 Å². The number of hydrogen-bond donors (Lipinski definition) is 1. The molecule has 2 rings (SSSR count). The second kappa shape index (κ2) is 5.73. The highest BCUT2D eigenvalue weighted by Gasteiger charge is 2.13. The summed E-state index contributed by atoms with van der Waals surface area (Å²) in [5.41, 5.74) is 0. The van der Waals surface area contributed by atoms with Gasteiger partial charge in [-0.1, -0.05) is 6.08 Å². The normalized spacial score (nSPS) is 21.5. The molecule has 1 aliphatic rings. The third kappa shape index (κ3) is 3.53. The Morgan fingerprint density at radius 1 is 1.53 bits per heavy atom. The first-order valence-electron chi connectivity index (χ1n) is 5.47. The largest absolute Gasteiger partial charge is 0.465 e. The summed E-state index contributed by atoms with van der Waals surface area (Å²) < 4.78 is 10.7. The van der Waals surface area contributed by atoms with Crippen LogP contribution < -0.4 is 5.32 Å². The summed E-state index contributed by atoms with van der Waals surface area (Å²) in [7, 11) is 0. The fraction of sp³-hybridized carbons (Fsp3) is 0.500. The van der Waals surface area contributed by atoms with Crippen LogP contribution in [0.25, 0.3) is 6.08 Å². The van der Waals surface area contributed by atoms with Crippen molar-refractivity contribution >= 4 is 6.08 Å². The molecule has 3 nitrogen and oxygen atoms in total. The van der Waals surface area contributed by atoms with Gasteiger partial charge >= 0.3 is 0 Å². The van der Waals surface area contributed by atoms with E-state index in [1.807, 2.05) is 18.2 Å². The van der Waals surface area contributed by atoms with Crippen molar-refractivity contribution in [2.24, 2.45) is 0 Å². The first-order valence-corrected chi connectivity index (χ1v) is 5.47. The van der Waals surface area contributed by atoms with Crippen molar-refractivity contribution in [3.63, 3.8) is 0 Å². The molecule has 1 fully saturated rings. The molecule has 0 aromatic carbocycles. The first-order chi connectivity index (χ1) is 7.45. The summed E-state index contributed by atoms with van der Waals surface area (Å²) in [5, 5.41) is 3.34. The maximum Gasteiger partial charge on any atom is 0.126 e. The minimum atomic E-state index is 0.419.